The third kappa shape index (κ3) is 3.30. The number of hydrogen-bond donors (Lipinski definition) is 2. The van der Waals surface area contributed by atoms with E-state index in [1.807, 2.05) is 0 Å². The number of rotatable bonds is 4. The highest BCUT2D eigenvalue weighted by atomic mass is 19.4. The minimum Gasteiger partial charge on any atom is -0.393 e. The lowest BCUT2D eigenvalue weighted by Crippen LogP contribution is -2.37. The average Bonchev–Trinajstić information content (AvgIpc) is 2.35. The van der Waals surface area contributed by atoms with Crippen LogP contribution in [0.3, 0.4) is 0 Å². The second-order valence-corrected chi connectivity index (χ2v) is 5.05. The molecule has 0 aromatic carbocycles. The van der Waals surface area contributed by atoms with E-state index in [4.69, 9.17) is 0 Å². The summed E-state index contributed by atoms with van der Waals surface area (Å²) in [6.07, 6.45) is -3.49. The van der Waals surface area contributed by atoms with Gasteiger partial charge in [-0.15, -0.1) is 0 Å². The maximum atomic E-state index is 12.7. The molecule has 0 amide bonds. The van der Waals surface area contributed by atoms with Crippen LogP contribution in [0, 0.1) is 5.92 Å². The van der Waals surface area contributed by atoms with Gasteiger partial charge in [0, 0.05) is 26.7 Å². The maximum Gasteiger partial charge on any atom is 0.451 e. The Labute approximate surface area is 114 Å². The van der Waals surface area contributed by atoms with Crippen molar-refractivity contribution in [2.24, 2.45) is 5.92 Å². The highest BCUT2D eigenvalue weighted by Crippen LogP contribution is 2.31. The van der Waals surface area contributed by atoms with Crippen LogP contribution in [0.25, 0.3) is 0 Å². The summed E-state index contributed by atoms with van der Waals surface area (Å²) in [5.41, 5.74) is 0. The second-order valence-electron chi connectivity index (χ2n) is 5.05. The topological polar surface area (TPSA) is 61.3 Å². The fourth-order valence-electron chi connectivity index (χ4n) is 2.22. The lowest BCUT2D eigenvalue weighted by molar-refractivity contribution is -0.144. The Morgan fingerprint density at radius 2 is 2.05 bits per heavy atom. The molecule has 1 fully saturated rings. The lowest BCUT2D eigenvalue weighted by Gasteiger charge is -2.34. The molecule has 0 bridgehead atoms. The zero-order chi connectivity index (χ0) is 14.9. The summed E-state index contributed by atoms with van der Waals surface area (Å²) in [6, 6.07) is 1.48. The number of aromatic nitrogens is 2. The van der Waals surface area contributed by atoms with E-state index in [1.54, 1.807) is 11.9 Å². The Hall–Kier alpha value is -1.57. The first kappa shape index (κ1) is 14.8. The van der Waals surface area contributed by atoms with Gasteiger partial charge in [0.25, 0.3) is 0 Å². The van der Waals surface area contributed by atoms with Gasteiger partial charge < -0.3 is 15.3 Å². The van der Waals surface area contributed by atoms with E-state index in [-0.39, 0.29) is 23.7 Å². The summed E-state index contributed by atoms with van der Waals surface area (Å²) in [7, 11) is 3.20. The van der Waals surface area contributed by atoms with Crippen LogP contribution in [-0.2, 0) is 6.18 Å². The number of aliphatic hydroxyl groups excluding tert-OH is 1. The Kier molecular flexibility index (Phi) is 4.03. The Morgan fingerprint density at radius 1 is 1.40 bits per heavy atom. The molecule has 20 heavy (non-hydrogen) atoms. The van der Waals surface area contributed by atoms with Crippen molar-refractivity contribution < 1.29 is 18.3 Å². The van der Waals surface area contributed by atoms with Crippen molar-refractivity contribution in [3.05, 3.63) is 11.9 Å². The van der Waals surface area contributed by atoms with Crippen LogP contribution in [0.5, 0.6) is 0 Å². The molecule has 1 saturated carbocycles. The monoisotopic (exact) mass is 290 g/mol. The van der Waals surface area contributed by atoms with Crippen LogP contribution in [0.2, 0.25) is 0 Å². The fourth-order valence-corrected chi connectivity index (χ4v) is 2.22. The van der Waals surface area contributed by atoms with E-state index in [0.717, 1.165) is 0 Å². The highest BCUT2D eigenvalue weighted by molar-refractivity contribution is 5.49. The van der Waals surface area contributed by atoms with Crippen molar-refractivity contribution in [1.82, 2.24) is 9.97 Å². The molecule has 8 heteroatoms. The average molecular weight is 290 g/mol. The molecule has 1 heterocycles. The maximum absolute atomic E-state index is 12.7. The number of anilines is 2. The third-order valence-corrected chi connectivity index (χ3v) is 3.36. The number of nitrogens with zero attached hydrogens (tertiary/aromatic N) is 3. The Morgan fingerprint density at radius 3 is 2.55 bits per heavy atom. The summed E-state index contributed by atoms with van der Waals surface area (Å²) in [6.45, 7) is 0.564. The van der Waals surface area contributed by atoms with E-state index < -0.39 is 12.0 Å². The van der Waals surface area contributed by atoms with Crippen LogP contribution in [-0.4, -0.2) is 41.8 Å². The number of hydrogen-bond acceptors (Lipinski definition) is 5. The van der Waals surface area contributed by atoms with Gasteiger partial charge in [-0.25, -0.2) is 9.97 Å². The van der Waals surface area contributed by atoms with E-state index in [1.165, 1.54) is 13.1 Å². The molecule has 2 rings (SSSR count). The summed E-state index contributed by atoms with van der Waals surface area (Å²) in [5, 5.41) is 11.8. The minimum absolute atomic E-state index is 0.128. The van der Waals surface area contributed by atoms with E-state index >= 15 is 0 Å². The SMILES string of the molecule is CNc1cc(N(C)CC2CC(O)C2)nc(C(F)(F)F)n1. The Balaban J connectivity index is 2.17. The zero-order valence-corrected chi connectivity index (χ0v) is 11.3. The van der Waals surface area contributed by atoms with E-state index in [2.05, 4.69) is 15.3 Å². The van der Waals surface area contributed by atoms with Crippen molar-refractivity contribution in [2.45, 2.75) is 25.1 Å². The van der Waals surface area contributed by atoms with Crippen molar-refractivity contribution in [3.8, 4) is 0 Å². The predicted octanol–water partition coefficient (Wildman–Crippen LogP) is 1.74. The van der Waals surface area contributed by atoms with Crippen LogP contribution >= 0.6 is 0 Å². The van der Waals surface area contributed by atoms with Crippen molar-refractivity contribution in [1.29, 1.82) is 0 Å². The van der Waals surface area contributed by atoms with E-state index in [9.17, 15) is 18.3 Å². The molecule has 2 N–H and O–H groups in total. The largest absolute Gasteiger partial charge is 0.451 e. The molecule has 0 saturated heterocycles. The lowest BCUT2D eigenvalue weighted by atomic mass is 9.82. The molecule has 5 nitrogen and oxygen atoms in total. The number of alkyl halides is 3. The highest BCUT2D eigenvalue weighted by Gasteiger charge is 2.36. The molecule has 1 aromatic heterocycles. The van der Waals surface area contributed by atoms with Gasteiger partial charge in [0.05, 0.1) is 6.10 Å². The summed E-state index contributed by atoms with van der Waals surface area (Å²) in [4.78, 5) is 8.65. The second kappa shape index (κ2) is 5.43. The fraction of sp³-hybridized carbons (Fsp3) is 0.667. The normalized spacial score (nSPS) is 22.3. The molecular weight excluding hydrogens is 273 g/mol. The zero-order valence-electron chi connectivity index (χ0n) is 11.3. The van der Waals surface area contributed by atoms with Gasteiger partial charge in [0.15, 0.2) is 0 Å². The van der Waals surface area contributed by atoms with Crippen molar-refractivity contribution in [3.63, 3.8) is 0 Å². The van der Waals surface area contributed by atoms with Gasteiger partial charge in [-0.05, 0) is 18.8 Å². The molecule has 1 aliphatic rings. The molecule has 0 unspecified atom stereocenters. The first-order chi connectivity index (χ1) is 9.29. The molecule has 0 aliphatic heterocycles. The standard InChI is InChI=1S/C12H17F3N4O/c1-16-9-5-10(18-11(17-9)12(13,14)15)19(2)6-7-3-8(20)4-7/h5,7-8,20H,3-4,6H2,1-2H3,(H,16,17,18). The van der Waals surface area contributed by atoms with Crippen molar-refractivity contribution in [2.75, 3.05) is 30.9 Å². The molecule has 0 spiro atoms. The van der Waals surface area contributed by atoms with Crippen LogP contribution in [0.4, 0.5) is 24.8 Å². The van der Waals surface area contributed by atoms with Gasteiger partial charge in [0.1, 0.15) is 11.6 Å². The quantitative estimate of drug-likeness (QED) is 0.884. The molecule has 1 aromatic rings. The minimum atomic E-state index is -4.57. The van der Waals surface area contributed by atoms with Gasteiger partial charge >= 0.3 is 6.18 Å². The van der Waals surface area contributed by atoms with Crippen LogP contribution in [0.1, 0.15) is 18.7 Å². The number of aliphatic hydroxyl groups is 1. The molecule has 0 atom stereocenters. The molecule has 1 aliphatic carbocycles. The first-order valence-corrected chi connectivity index (χ1v) is 6.33. The number of halogens is 3. The first-order valence-electron chi connectivity index (χ1n) is 6.33. The predicted molar refractivity (Wildman–Crippen MR) is 68.6 cm³/mol. The summed E-state index contributed by atoms with van der Waals surface area (Å²) < 4.78 is 38.2. The van der Waals surface area contributed by atoms with Crippen LogP contribution in [0.15, 0.2) is 6.07 Å². The smallest absolute Gasteiger partial charge is 0.393 e. The summed E-state index contributed by atoms with van der Waals surface area (Å²) >= 11 is 0. The molecule has 0 radical (unpaired) electrons. The Bertz CT molecular complexity index is 474. The van der Waals surface area contributed by atoms with Gasteiger partial charge in [-0.2, -0.15) is 13.2 Å². The van der Waals surface area contributed by atoms with Gasteiger partial charge in [-0.3, -0.25) is 0 Å². The van der Waals surface area contributed by atoms with Crippen LogP contribution < -0.4 is 10.2 Å². The van der Waals surface area contributed by atoms with E-state index in [0.29, 0.717) is 19.4 Å². The van der Waals surface area contributed by atoms with Gasteiger partial charge in [0.2, 0.25) is 5.82 Å². The molecule has 112 valence electrons. The number of nitrogens with one attached hydrogen (secondary N) is 1. The summed E-state index contributed by atoms with van der Waals surface area (Å²) in [5.74, 6) is -0.516. The molecular formula is C12H17F3N4O. The third-order valence-electron chi connectivity index (χ3n) is 3.36. The van der Waals surface area contributed by atoms with Crippen molar-refractivity contribution >= 4 is 11.6 Å². The van der Waals surface area contributed by atoms with Gasteiger partial charge in [-0.1, -0.05) is 0 Å².